The van der Waals surface area contributed by atoms with Gasteiger partial charge in [-0.2, -0.15) is 0 Å². The van der Waals surface area contributed by atoms with E-state index in [4.69, 9.17) is 14.2 Å². The topological polar surface area (TPSA) is 44.8 Å². The summed E-state index contributed by atoms with van der Waals surface area (Å²) in [4.78, 5) is 10.7. The molecule has 0 heterocycles. The van der Waals surface area contributed by atoms with Gasteiger partial charge in [-0.05, 0) is 79.2 Å². The second kappa shape index (κ2) is 12.0. The zero-order valence-corrected chi connectivity index (χ0v) is 19.1. The largest absolute Gasteiger partial charge is 0.497 e. The van der Waals surface area contributed by atoms with Gasteiger partial charge < -0.3 is 14.2 Å². The van der Waals surface area contributed by atoms with Crippen molar-refractivity contribution in [1.29, 1.82) is 0 Å². The predicted molar refractivity (Wildman–Crippen MR) is 129 cm³/mol. The van der Waals surface area contributed by atoms with E-state index in [1.54, 1.807) is 7.11 Å². The molecule has 33 heavy (non-hydrogen) atoms. The van der Waals surface area contributed by atoms with E-state index in [1.165, 1.54) is 6.92 Å². The van der Waals surface area contributed by atoms with Gasteiger partial charge in [-0.15, -0.1) is 0 Å². The minimum atomic E-state index is -0.274. The third-order valence-corrected chi connectivity index (χ3v) is 4.73. The van der Waals surface area contributed by atoms with Crippen molar-refractivity contribution in [2.75, 3.05) is 20.3 Å². The van der Waals surface area contributed by atoms with Gasteiger partial charge in [0, 0.05) is 35.6 Å². The molecule has 4 nitrogen and oxygen atoms in total. The Bertz CT molecular complexity index is 1200. The number of aryl methyl sites for hydroxylation is 1. The molecule has 0 aliphatic carbocycles. The van der Waals surface area contributed by atoms with Gasteiger partial charge in [0.1, 0.15) is 11.5 Å². The Morgan fingerprint density at radius 2 is 1.33 bits per heavy atom. The molecule has 0 aliphatic heterocycles. The van der Waals surface area contributed by atoms with Crippen LogP contribution >= 0.6 is 0 Å². The minimum Gasteiger partial charge on any atom is -0.497 e. The average Bonchev–Trinajstić information content (AvgIpc) is 2.83. The van der Waals surface area contributed by atoms with Gasteiger partial charge in [0.05, 0.1) is 20.3 Å². The summed E-state index contributed by atoms with van der Waals surface area (Å²) in [5, 5.41) is 0. The van der Waals surface area contributed by atoms with Crippen molar-refractivity contribution >= 4 is 5.97 Å². The van der Waals surface area contributed by atoms with Crippen molar-refractivity contribution in [1.82, 2.24) is 0 Å². The highest BCUT2D eigenvalue weighted by Gasteiger charge is 1.98. The van der Waals surface area contributed by atoms with Gasteiger partial charge in [-0.1, -0.05) is 23.7 Å². The molecule has 166 valence electrons. The molecule has 3 aromatic rings. The number of esters is 1. The van der Waals surface area contributed by atoms with Crippen LogP contribution in [0.1, 0.15) is 41.2 Å². The van der Waals surface area contributed by atoms with Gasteiger partial charge in [0.2, 0.25) is 0 Å². The van der Waals surface area contributed by atoms with E-state index in [9.17, 15) is 4.79 Å². The smallest absolute Gasteiger partial charge is 0.302 e. The molecule has 0 aliphatic rings. The predicted octanol–water partition coefficient (Wildman–Crippen LogP) is 5.14. The van der Waals surface area contributed by atoms with Crippen LogP contribution in [0.3, 0.4) is 0 Å². The van der Waals surface area contributed by atoms with Crippen LogP contribution in [0.5, 0.6) is 11.5 Å². The Labute approximate surface area is 195 Å². The maximum Gasteiger partial charge on any atom is 0.302 e. The third kappa shape index (κ3) is 7.80. The van der Waals surface area contributed by atoms with E-state index in [1.807, 2.05) is 73.7 Å². The van der Waals surface area contributed by atoms with Crippen LogP contribution in [-0.2, 0) is 9.53 Å². The van der Waals surface area contributed by atoms with E-state index in [0.29, 0.717) is 19.6 Å². The van der Waals surface area contributed by atoms with Crippen molar-refractivity contribution in [2.45, 2.75) is 20.3 Å². The molecule has 0 N–H and O–H groups in total. The zero-order chi connectivity index (χ0) is 23.5. The first-order chi connectivity index (χ1) is 16.0. The summed E-state index contributed by atoms with van der Waals surface area (Å²) >= 11 is 0. The first-order valence-corrected chi connectivity index (χ1v) is 10.7. The molecule has 3 aromatic carbocycles. The molecule has 3 rings (SSSR count). The van der Waals surface area contributed by atoms with Crippen LogP contribution in [0.4, 0.5) is 0 Å². The molecule has 0 unspecified atom stereocenters. The van der Waals surface area contributed by atoms with Gasteiger partial charge in [0.25, 0.3) is 0 Å². The Kier molecular flexibility index (Phi) is 8.57. The van der Waals surface area contributed by atoms with Gasteiger partial charge in [-0.25, -0.2) is 0 Å². The summed E-state index contributed by atoms with van der Waals surface area (Å²) in [6.45, 7) is 4.29. The molecule has 0 saturated heterocycles. The molecule has 0 bridgehead atoms. The highest BCUT2D eigenvalue weighted by Crippen LogP contribution is 2.14. The minimum absolute atomic E-state index is 0.274. The molecule has 0 spiro atoms. The molecule has 0 atom stereocenters. The van der Waals surface area contributed by atoms with Crippen LogP contribution in [-0.4, -0.2) is 26.3 Å². The van der Waals surface area contributed by atoms with Crippen molar-refractivity contribution in [3.05, 3.63) is 94.5 Å². The Morgan fingerprint density at radius 3 is 1.94 bits per heavy atom. The number of rotatable bonds is 6. The quantitative estimate of drug-likeness (QED) is 0.304. The monoisotopic (exact) mass is 438 g/mol. The van der Waals surface area contributed by atoms with E-state index < -0.39 is 0 Å². The second-order valence-corrected chi connectivity index (χ2v) is 7.32. The lowest BCUT2D eigenvalue weighted by atomic mass is 10.0. The summed E-state index contributed by atoms with van der Waals surface area (Å²) in [6, 6.07) is 21.4. The van der Waals surface area contributed by atoms with Crippen LogP contribution in [0.25, 0.3) is 0 Å². The second-order valence-electron chi connectivity index (χ2n) is 7.32. The van der Waals surface area contributed by atoms with Crippen molar-refractivity contribution in [3.8, 4) is 35.2 Å². The molecule has 0 radical (unpaired) electrons. The van der Waals surface area contributed by atoms with Crippen molar-refractivity contribution in [3.63, 3.8) is 0 Å². The molecule has 0 amide bonds. The summed E-state index contributed by atoms with van der Waals surface area (Å²) in [7, 11) is 1.65. The van der Waals surface area contributed by atoms with Crippen molar-refractivity contribution in [2.24, 2.45) is 0 Å². The molecule has 4 heteroatoms. The molecular weight excluding hydrogens is 412 g/mol. The molecule has 0 aromatic heterocycles. The van der Waals surface area contributed by atoms with Crippen LogP contribution in [0.2, 0.25) is 0 Å². The zero-order valence-electron chi connectivity index (χ0n) is 19.1. The normalized spacial score (nSPS) is 9.67. The standard InChI is InChI=1S/C29H26O4/c1-22-21-26(6-5-24-9-15-28(31-3)16-10-24)8-14-27(22)13-7-25-11-17-29(18-12-25)33-20-4-19-32-23(2)30/h8-12,14-18,21H,4,19-20H2,1-3H3. The lowest BCUT2D eigenvalue weighted by molar-refractivity contribution is -0.141. The maximum absolute atomic E-state index is 10.7. The number of benzene rings is 3. The van der Waals surface area contributed by atoms with Crippen LogP contribution in [0, 0.1) is 30.6 Å². The first-order valence-electron chi connectivity index (χ1n) is 10.7. The average molecular weight is 439 g/mol. The highest BCUT2D eigenvalue weighted by atomic mass is 16.5. The number of carbonyl (C=O) groups is 1. The summed E-state index contributed by atoms with van der Waals surface area (Å²) < 4.78 is 15.7. The van der Waals surface area contributed by atoms with E-state index in [2.05, 4.69) is 23.7 Å². The first kappa shape index (κ1) is 23.5. The lowest BCUT2D eigenvalue weighted by Crippen LogP contribution is -2.05. The summed E-state index contributed by atoms with van der Waals surface area (Å²) in [5.41, 5.74) is 4.84. The summed E-state index contributed by atoms with van der Waals surface area (Å²) in [6.07, 6.45) is 0.654. The fourth-order valence-corrected chi connectivity index (χ4v) is 2.94. The fraction of sp³-hybridized carbons (Fsp3) is 0.207. The Hall–Kier alpha value is -4.15. The number of methoxy groups -OCH3 is 1. The molecule has 0 saturated carbocycles. The number of carbonyl (C=O) groups excluding carboxylic acids is 1. The summed E-state index contributed by atoms with van der Waals surface area (Å²) in [5.74, 6) is 14.1. The number of hydrogen-bond donors (Lipinski definition) is 0. The fourth-order valence-electron chi connectivity index (χ4n) is 2.94. The van der Waals surface area contributed by atoms with E-state index >= 15 is 0 Å². The lowest BCUT2D eigenvalue weighted by Gasteiger charge is -2.06. The third-order valence-electron chi connectivity index (χ3n) is 4.73. The van der Waals surface area contributed by atoms with Crippen LogP contribution < -0.4 is 9.47 Å². The molecule has 0 fully saturated rings. The maximum atomic E-state index is 10.7. The van der Waals surface area contributed by atoms with Crippen LogP contribution in [0.15, 0.2) is 66.7 Å². The van der Waals surface area contributed by atoms with Crippen molar-refractivity contribution < 1.29 is 19.0 Å². The van der Waals surface area contributed by atoms with E-state index in [-0.39, 0.29) is 5.97 Å². The van der Waals surface area contributed by atoms with E-state index in [0.717, 1.165) is 39.3 Å². The SMILES string of the molecule is COc1ccc(C#Cc2ccc(C#Cc3ccc(OCCCOC(C)=O)cc3)c(C)c2)cc1. The number of ether oxygens (including phenoxy) is 3. The van der Waals surface area contributed by atoms with Gasteiger partial charge in [-0.3, -0.25) is 4.79 Å². The number of hydrogen-bond acceptors (Lipinski definition) is 4. The highest BCUT2D eigenvalue weighted by molar-refractivity contribution is 5.65. The van der Waals surface area contributed by atoms with Gasteiger partial charge >= 0.3 is 5.97 Å². The molecular formula is C29H26O4. The Morgan fingerprint density at radius 1 is 0.758 bits per heavy atom. The van der Waals surface area contributed by atoms with Gasteiger partial charge in [0.15, 0.2) is 0 Å². The Balaban J connectivity index is 1.58.